The fourth-order valence-electron chi connectivity index (χ4n) is 3.37. The van der Waals surface area contributed by atoms with Gasteiger partial charge in [-0.05, 0) is 19.3 Å². The summed E-state index contributed by atoms with van der Waals surface area (Å²) in [7, 11) is 1.81. The molecule has 1 aromatic heterocycles. The van der Waals surface area contributed by atoms with Gasteiger partial charge in [0.05, 0.1) is 17.8 Å². The summed E-state index contributed by atoms with van der Waals surface area (Å²) in [6.45, 7) is 3.10. The summed E-state index contributed by atoms with van der Waals surface area (Å²) in [5.74, 6) is 5.86. The second-order valence-electron chi connectivity index (χ2n) is 5.82. The van der Waals surface area contributed by atoms with E-state index in [1.165, 1.54) is 25.7 Å². The first-order chi connectivity index (χ1) is 9.75. The van der Waals surface area contributed by atoms with Crippen molar-refractivity contribution in [2.75, 3.05) is 7.11 Å². The molecule has 1 aliphatic carbocycles. The summed E-state index contributed by atoms with van der Waals surface area (Å²) in [6, 6.07) is 0.0104. The predicted octanol–water partition coefficient (Wildman–Crippen LogP) is 2.54. The Morgan fingerprint density at radius 1 is 1.40 bits per heavy atom. The molecular weight excluding hydrogens is 252 g/mol. The quantitative estimate of drug-likeness (QED) is 0.477. The maximum absolute atomic E-state index is 5.96. The fraction of sp³-hybridized carbons (Fsp3) is 0.800. The van der Waals surface area contributed by atoms with Crippen LogP contribution in [0.15, 0.2) is 12.4 Å². The van der Waals surface area contributed by atoms with E-state index in [9.17, 15) is 0 Å². The van der Waals surface area contributed by atoms with Crippen LogP contribution >= 0.6 is 0 Å². The largest absolute Gasteiger partial charge is 0.376 e. The maximum atomic E-state index is 5.96. The molecule has 1 heterocycles. The van der Waals surface area contributed by atoms with E-state index in [1.807, 2.05) is 18.0 Å². The van der Waals surface area contributed by atoms with Crippen molar-refractivity contribution >= 4 is 0 Å². The fourth-order valence-corrected chi connectivity index (χ4v) is 3.37. The van der Waals surface area contributed by atoms with E-state index in [0.717, 1.165) is 31.4 Å². The normalized spacial score (nSPS) is 20.6. The zero-order valence-corrected chi connectivity index (χ0v) is 12.8. The van der Waals surface area contributed by atoms with Gasteiger partial charge in [0, 0.05) is 25.4 Å². The molecule has 3 N–H and O–H groups in total. The van der Waals surface area contributed by atoms with Gasteiger partial charge in [-0.15, -0.1) is 0 Å². The standard InChI is InChI=1S/C15H28N4O/c1-3-10-19-12-13(11-17-19)14(18-16)15(20-2)8-6-4-5-7-9-15/h11-12,14,18H,3-10,16H2,1-2H3. The van der Waals surface area contributed by atoms with E-state index in [-0.39, 0.29) is 11.6 Å². The number of nitrogens with two attached hydrogens (primary N) is 1. The Bertz CT molecular complexity index is 396. The van der Waals surface area contributed by atoms with E-state index in [2.05, 4.69) is 23.6 Å². The van der Waals surface area contributed by atoms with Crippen molar-refractivity contribution < 1.29 is 4.74 Å². The summed E-state index contributed by atoms with van der Waals surface area (Å²) >= 11 is 0. The van der Waals surface area contributed by atoms with Gasteiger partial charge in [0.1, 0.15) is 0 Å². The molecule has 2 rings (SSSR count). The number of aryl methyl sites for hydroxylation is 1. The lowest BCUT2D eigenvalue weighted by atomic mass is 9.83. The second kappa shape index (κ2) is 7.20. The van der Waals surface area contributed by atoms with Crippen LogP contribution in [-0.4, -0.2) is 22.5 Å². The molecule has 0 saturated heterocycles. The lowest BCUT2D eigenvalue weighted by molar-refractivity contribution is -0.0541. The first-order valence-electron chi connectivity index (χ1n) is 7.79. The Morgan fingerprint density at radius 3 is 2.65 bits per heavy atom. The number of ether oxygens (including phenoxy) is 1. The predicted molar refractivity (Wildman–Crippen MR) is 80.0 cm³/mol. The van der Waals surface area contributed by atoms with Crippen molar-refractivity contribution in [2.24, 2.45) is 5.84 Å². The van der Waals surface area contributed by atoms with Crippen LogP contribution in [0.2, 0.25) is 0 Å². The molecule has 0 amide bonds. The minimum absolute atomic E-state index is 0.0104. The van der Waals surface area contributed by atoms with Gasteiger partial charge < -0.3 is 4.74 Å². The number of hydrazine groups is 1. The molecule has 1 saturated carbocycles. The third kappa shape index (κ3) is 3.22. The van der Waals surface area contributed by atoms with Crippen molar-refractivity contribution in [3.63, 3.8) is 0 Å². The molecule has 5 nitrogen and oxygen atoms in total. The monoisotopic (exact) mass is 280 g/mol. The zero-order chi connectivity index (χ0) is 14.4. The Kier molecular flexibility index (Phi) is 5.57. The third-order valence-electron chi connectivity index (χ3n) is 4.49. The molecule has 1 fully saturated rings. The average molecular weight is 280 g/mol. The molecule has 1 unspecified atom stereocenters. The summed E-state index contributed by atoms with van der Waals surface area (Å²) in [6.07, 6.45) is 12.2. The molecule has 0 aromatic carbocycles. The van der Waals surface area contributed by atoms with Gasteiger partial charge >= 0.3 is 0 Å². The Balaban J connectivity index is 2.22. The molecule has 1 atom stereocenters. The lowest BCUT2D eigenvalue weighted by Gasteiger charge is -2.38. The van der Waals surface area contributed by atoms with Gasteiger partial charge in [-0.3, -0.25) is 10.5 Å². The molecule has 20 heavy (non-hydrogen) atoms. The minimum Gasteiger partial charge on any atom is -0.376 e. The highest BCUT2D eigenvalue weighted by molar-refractivity contribution is 5.16. The summed E-state index contributed by atoms with van der Waals surface area (Å²) in [5.41, 5.74) is 3.91. The molecule has 0 spiro atoms. The molecule has 0 aliphatic heterocycles. The Hall–Kier alpha value is -0.910. The van der Waals surface area contributed by atoms with Crippen LogP contribution in [0.1, 0.15) is 63.5 Å². The molecule has 1 aromatic rings. The van der Waals surface area contributed by atoms with Crippen LogP contribution in [0, 0.1) is 0 Å². The Labute approximate surface area is 121 Å². The van der Waals surface area contributed by atoms with E-state index >= 15 is 0 Å². The van der Waals surface area contributed by atoms with Crippen LogP contribution < -0.4 is 11.3 Å². The van der Waals surface area contributed by atoms with Crippen molar-refractivity contribution in [3.05, 3.63) is 18.0 Å². The smallest absolute Gasteiger partial charge is 0.0886 e. The first kappa shape index (κ1) is 15.5. The average Bonchev–Trinajstić information content (AvgIpc) is 2.77. The van der Waals surface area contributed by atoms with Crippen LogP contribution in [-0.2, 0) is 11.3 Å². The van der Waals surface area contributed by atoms with Gasteiger partial charge in [-0.2, -0.15) is 5.10 Å². The van der Waals surface area contributed by atoms with Gasteiger partial charge in [0.15, 0.2) is 0 Å². The molecule has 0 radical (unpaired) electrons. The van der Waals surface area contributed by atoms with Crippen LogP contribution in [0.3, 0.4) is 0 Å². The first-order valence-corrected chi connectivity index (χ1v) is 7.79. The maximum Gasteiger partial charge on any atom is 0.0886 e. The van der Waals surface area contributed by atoms with E-state index < -0.39 is 0 Å². The zero-order valence-electron chi connectivity index (χ0n) is 12.8. The lowest BCUT2D eigenvalue weighted by Crippen LogP contribution is -2.47. The highest BCUT2D eigenvalue weighted by atomic mass is 16.5. The molecular formula is C15H28N4O. The van der Waals surface area contributed by atoms with Gasteiger partial charge in [0.2, 0.25) is 0 Å². The van der Waals surface area contributed by atoms with E-state index in [0.29, 0.717) is 0 Å². The summed E-state index contributed by atoms with van der Waals surface area (Å²) < 4.78 is 7.94. The molecule has 1 aliphatic rings. The second-order valence-corrected chi connectivity index (χ2v) is 5.82. The van der Waals surface area contributed by atoms with Crippen molar-refractivity contribution in [2.45, 2.75) is 70.1 Å². The van der Waals surface area contributed by atoms with Crippen molar-refractivity contribution in [1.29, 1.82) is 0 Å². The van der Waals surface area contributed by atoms with Crippen LogP contribution in [0.4, 0.5) is 0 Å². The third-order valence-corrected chi connectivity index (χ3v) is 4.49. The summed E-state index contributed by atoms with van der Waals surface area (Å²) in [4.78, 5) is 0. The van der Waals surface area contributed by atoms with Gasteiger partial charge in [0.25, 0.3) is 0 Å². The number of nitrogens with one attached hydrogen (secondary N) is 1. The number of hydrogen-bond donors (Lipinski definition) is 2. The SMILES string of the molecule is CCCn1cc(C(NN)C2(OC)CCCCCC2)cn1. The minimum atomic E-state index is -0.203. The Morgan fingerprint density at radius 2 is 2.10 bits per heavy atom. The topological polar surface area (TPSA) is 65.1 Å². The molecule has 5 heteroatoms. The van der Waals surface area contributed by atoms with Gasteiger partial charge in [-0.1, -0.05) is 32.6 Å². The van der Waals surface area contributed by atoms with Crippen LogP contribution in [0.5, 0.6) is 0 Å². The van der Waals surface area contributed by atoms with Crippen molar-refractivity contribution in [3.8, 4) is 0 Å². The highest BCUT2D eigenvalue weighted by Crippen LogP contribution is 2.39. The van der Waals surface area contributed by atoms with Crippen molar-refractivity contribution in [1.82, 2.24) is 15.2 Å². The van der Waals surface area contributed by atoms with E-state index in [4.69, 9.17) is 10.6 Å². The number of hydrogen-bond acceptors (Lipinski definition) is 4. The van der Waals surface area contributed by atoms with Gasteiger partial charge in [-0.25, -0.2) is 5.43 Å². The highest BCUT2D eigenvalue weighted by Gasteiger charge is 2.40. The number of nitrogens with zero attached hydrogens (tertiary/aromatic N) is 2. The molecule has 114 valence electrons. The summed E-state index contributed by atoms with van der Waals surface area (Å²) in [5, 5.41) is 4.42. The van der Waals surface area contributed by atoms with Crippen LogP contribution in [0.25, 0.3) is 0 Å². The number of methoxy groups -OCH3 is 1. The number of aromatic nitrogens is 2. The number of rotatable bonds is 6. The molecule has 0 bridgehead atoms. The van der Waals surface area contributed by atoms with E-state index in [1.54, 1.807) is 0 Å².